The predicted octanol–water partition coefficient (Wildman–Crippen LogP) is 13.4. The summed E-state index contributed by atoms with van der Waals surface area (Å²) in [7, 11) is 0. The third-order valence-electron chi connectivity index (χ3n) is 9.76. The van der Waals surface area contributed by atoms with E-state index in [1.807, 2.05) is 11.3 Å². The van der Waals surface area contributed by atoms with Crippen molar-refractivity contribution in [2.45, 2.75) is 0 Å². The van der Waals surface area contributed by atoms with Gasteiger partial charge in [-0.2, -0.15) is 0 Å². The summed E-state index contributed by atoms with van der Waals surface area (Å²) < 4.78 is 5.03. The van der Waals surface area contributed by atoms with Crippen LogP contribution in [-0.2, 0) is 0 Å². The van der Waals surface area contributed by atoms with E-state index in [-0.39, 0.29) is 0 Å². The van der Waals surface area contributed by atoms with E-state index in [0.717, 1.165) is 17.1 Å². The van der Waals surface area contributed by atoms with Crippen LogP contribution in [0.25, 0.3) is 69.6 Å². The first-order chi connectivity index (χ1) is 24.3. The highest BCUT2D eigenvalue weighted by atomic mass is 32.1. The average Bonchev–Trinajstić information content (AvgIpc) is 3.72. The number of aromatic nitrogens is 1. The lowest BCUT2D eigenvalue weighted by Gasteiger charge is -2.27. The molecule has 0 spiro atoms. The molecule has 0 aliphatic heterocycles. The Morgan fingerprint density at radius 1 is 0.388 bits per heavy atom. The van der Waals surface area contributed by atoms with Gasteiger partial charge < -0.3 is 9.47 Å². The second kappa shape index (κ2) is 11.2. The predicted molar refractivity (Wildman–Crippen MR) is 211 cm³/mol. The maximum Gasteiger partial charge on any atom is 0.0547 e. The van der Waals surface area contributed by atoms with Crippen LogP contribution in [0.1, 0.15) is 0 Å². The summed E-state index contributed by atoms with van der Waals surface area (Å²) in [6, 6.07) is 66.1. The molecule has 0 unspecified atom stereocenters. The van der Waals surface area contributed by atoms with Gasteiger partial charge >= 0.3 is 0 Å². The molecule has 0 atom stereocenters. The Balaban J connectivity index is 1.26. The number of thiophene rings is 1. The van der Waals surface area contributed by atoms with Gasteiger partial charge in [0.05, 0.1) is 16.7 Å². The topological polar surface area (TPSA) is 8.17 Å². The van der Waals surface area contributed by atoms with Crippen LogP contribution < -0.4 is 4.90 Å². The molecule has 3 heteroatoms. The van der Waals surface area contributed by atoms with Gasteiger partial charge in [0.15, 0.2) is 0 Å². The van der Waals surface area contributed by atoms with Crippen LogP contribution in [0.4, 0.5) is 17.1 Å². The summed E-state index contributed by atoms with van der Waals surface area (Å²) >= 11 is 1.89. The van der Waals surface area contributed by atoms with Gasteiger partial charge in [-0.15, -0.1) is 11.3 Å². The molecule has 0 amide bonds. The summed E-state index contributed by atoms with van der Waals surface area (Å²) in [5, 5.41) is 7.59. The van der Waals surface area contributed by atoms with Crippen LogP contribution in [-0.4, -0.2) is 4.57 Å². The number of anilines is 3. The first-order valence-corrected chi connectivity index (χ1v) is 17.5. The molecule has 0 saturated heterocycles. The van der Waals surface area contributed by atoms with Gasteiger partial charge in [-0.1, -0.05) is 121 Å². The van der Waals surface area contributed by atoms with E-state index < -0.39 is 0 Å². The number of rotatable bonds is 5. The standard InChI is InChI=1S/C46H30N2S/c1-3-13-31(14-4-1)32-23-25-34(26-24-32)47(44-30-41-38-19-10-12-22-45(38)49-46(41)39-20-8-7-17-36(39)44)35-27-28-43-40(29-35)37-18-9-11-21-42(37)48(43)33-15-5-2-6-16-33/h1-30H. The van der Waals surface area contributed by atoms with Crippen LogP contribution in [0.15, 0.2) is 182 Å². The lowest BCUT2D eigenvalue weighted by molar-refractivity contribution is 1.18. The Kier molecular flexibility index (Phi) is 6.39. The fraction of sp³-hybridized carbons (Fsp3) is 0. The molecular formula is C46H30N2S. The largest absolute Gasteiger partial charge is 0.310 e. The molecule has 0 saturated carbocycles. The summed E-state index contributed by atoms with van der Waals surface area (Å²) in [4.78, 5) is 2.46. The molecule has 0 aliphatic carbocycles. The second-order valence-electron chi connectivity index (χ2n) is 12.6. The number of nitrogens with zero attached hydrogens (tertiary/aromatic N) is 2. The van der Waals surface area contributed by atoms with E-state index in [1.165, 1.54) is 69.6 Å². The Bertz CT molecular complexity index is 2810. The molecule has 2 heterocycles. The van der Waals surface area contributed by atoms with Crippen LogP contribution in [0.5, 0.6) is 0 Å². The molecule has 0 radical (unpaired) electrons. The minimum absolute atomic E-state index is 1.12. The van der Waals surface area contributed by atoms with E-state index in [2.05, 4.69) is 191 Å². The first kappa shape index (κ1) is 27.9. The van der Waals surface area contributed by atoms with Crippen LogP contribution in [0, 0.1) is 0 Å². The SMILES string of the molecule is c1ccc(-c2ccc(N(c3ccc4c(c3)c3ccccc3n4-c3ccccc3)c3cc4c5ccccc5sc4c4ccccc34)cc2)cc1. The Morgan fingerprint density at radius 2 is 0.980 bits per heavy atom. The average molecular weight is 643 g/mol. The van der Waals surface area contributed by atoms with E-state index >= 15 is 0 Å². The highest BCUT2D eigenvalue weighted by Crippen LogP contribution is 2.47. The zero-order valence-electron chi connectivity index (χ0n) is 26.6. The Morgan fingerprint density at radius 3 is 1.78 bits per heavy atom. The monoisotopic (exact) mass is 642 g/mol. The minimum Gasteiger partial charge on any atom is -0.310 e. The third-order valence-corrected chi connectivity index (χ3v) is 11.0. The second-order valence-corrected chi connectivity index (χ2v) is 13.6. The molecule has 10 rings (SSSR count). The van der Waals surface area contributed by atoms with E-state index in [0.29, 0.717) is 0 Å². The molecule has 49 heavy (non-hydrogen) atoms. The van der Waals surface area contributed by atoms with Gasteiger partial charge in [0.25, 0.3) is 0 Å². The van der Waals surface area contributed by atoms with Crippen molar-refractivity contribution in [2.24, 2.45) is 0 Å². The van der Waals surface area contributed by atoms with E-state index in [1.54, 1.807) is 0 Å². The molecular weight excluding hydrogens is 613 g/mol. The zero-order valence-corrected chi connectivity index (χ0v) is 27.4. The number of hydrogen-bond acceptors (Lipinski definition) is 2. The van der Waals surface area contributed by atoms with Crippen LogP contribution >= 0.6 is 11.3 Å². The van der Waals surface area contributed by atoms with Crippen molar-refractivity contribution in [2.75, 3.05) is 4.90 Å². The highest BCUT2D eigenvalue weighted by Gasteiger charge is 2.21. The van der Waals surface area contributed by atoms with Crippen molar-refractivity contribution >= 4 is 81.1 Å². The molecule has 230 valence electrons. The maximum absolute atomic E-state index is 2.46. The van der Waals surface area contributed by atoms with Gasteiger partial charge in [0, 0.05) is 58.8 Å². The molecule has 0 bridgehead atoms. The number of para-hydroxylation sites is 2. The number of benzene rings is 8. The molecule has 0 N–H and O–H groups in total. The Labute approximate surface area is 288 Å². The van der Waals surface area contributed by atoms with Crippen molar-refractivity contribution in [3.05, 3.63) is 182 Å². The van der Waals surface area contributed by atoms with Crippen molar-refractivity contribution < 1.29 is 0 Å². The molecule has 0 aliphatic rings. The van der Waals surface area contributed by atoms with Crippen molar-refractivity contribution in [1.82, 2.24) is 4.57 Å². The normalized spacial score (nSPS) is 11.7. The van der Waals surface area contributed by atoms with Crippen molar-refractivity contribution in [1.29, 1.82) is 0 Å². The van der Waals surface area contributed by atoms with E-state index in [9.17, 15) is 0 Å². The first-order valence-electron chi connectivity index (χ1n) is 16.7. The van der Waals surface area contributed by atoms with E-state index in [4.69, 9.17) is 0 Å². The lowest BCUT2D eigenvalue weighted by Crippen LogP contribution is -2.10. The van der Waals surface area contributed by atoms with Crippen LogP contribution in [0.2, 0.25) is 0 Å². The van der Waals surface area contributed by atoms with Gasteiger partial charge in [-0.3, -0.25) is 0 Å². The molecule has 2 nitrogen and oxygen atoms in total. The van der Waals surface area contributed by atoms with Crippen LogP contribution in [0.3, 0.4) is 0 Å². The summed E-state index contributed by atoms with van der Waals surface area (Å²) in [5.41, 5.74) is 9.40. The quantitative estimate of drug-likeness (QED) is 0.181. The smallest absolute Gasteiger partial charge is 0.0547 e. The molecule has 10 aromatic rings. The number of fused-ring (bicyclic) bond motifs is 8. The Hall–Kier alpha value is -6.16. The molecule has 0 fully saturated rings. The molecule has 2 aromatic heterocycles. The summed E-state index contributed by atoms with van der Waals surface area (Å²) in [5.74, 6) is 0. The van der Waals surface area contributed by atoms with Crippen molar-refractivity contribution in [3.8, 4) is 16.8 Å². The fourth-order valence-electron chi connectivity index (χ4n) is 7.53. The number of hydrogen-bond donors (Lipinski definition) is 0. The summed E-state index contributed by atoms with van der Waals surface area (Å²) in [6.45, 7) is 0. The third kappa shape index (κ3) is 4.47. The van der Waals surface area contributed by atoms with Gasteiger partial charge in [-0.05, 0) is 71.8 Å². The van der Waals surface area contributed by atoms with Crippen molar-refractivity contribution in [3.63, 3.8) is 0 Å². The fourth-order valence-corrected chi connectivity index (χ4v) is 8.75. The van der Waals surface area contributed by atoms with Gasteiger partial charge in [0.1, 0.15) is 0 Å². The maximum atomic E-state index is 2.46. The minimum atomic E-state index is 1.12. The zero-order chi connectivity index (χ0) is 32.3. The van der Waals surface area contributed by atoms with Gasteiger partial charge in [0.2, 0.25) is 0 Å². The molecule has 8 aromatic carbocycles. The lowest BCUT2D eigenvalue weighted by atomic mass is 10.0. The summed E-state index contributed by atoms with van der Waals surface area (Å²) in [6.07, 6.45) is 0. The highest BCUT2D eigenvalue weighted by molar-refractivity contribution is 7.26. The van der Waals surface area contributed by atoms with Gasteiger partial charge in [-0.25, -0.2) is 0 Å².